The highest BCUT2D eigenvalue weighted by Gasteiger charge is 2.36. The van der Waals surface area contributed by atoms with Gasteiger partial charge < -0.3 is 10.2 Å². The molecule has 2 aliphatic rings. The fourth-order valence-corrected chi connectivity index (χ4v) is 4.08. The van der Waals surface area contributed by atoms with Crippen molar-refractivity contribution in [1.82, 2.24) is 20.2 Å². The average Bonchev–Trinajstić information content (AvgIpc) is 3.28. The van der Waals surface area contributed by atoms with Crippen LogP contribution in [-0.4, -0.2) is 31.6 Å². The van der Waals surface area contributed by atoms with Crippen molar-refractivity contribution >= 4 is 23.1 Å². The molecule has 1 aliphatic heterocycles. The first kappa shape index (κ1) is 19.3. The Balaban J connectivity index is 1.50. The number of hydrogen-bond acceptors (Lipinski definition) is 7. The van der Waals surface area contributed by atoms with Crippen molar-refractivity contribution in [3.05, 3.63) is 63.6 Å². The van der Waals surface area contributed by atoms with Crippen LogP contribution in [0.1, 0.15) is 48.9 Å². The molecular formula is C20H19F2N7O2. The van der Waals surface area contributed by atoms with Crippen LogP contribution in [0.2, 0.25) is 0 Å². The van der Waals surface area contributed by atoms with E-state index >= 15 is 0 Å². The SMILES string of the molecule is O=[N+]([O-])c1c(Nc2cc(C3CC3)[nH]n2)ncnc1N1CCCC1c1ccc(F)cc1F. The summed E-state index contributed by atoms with van der Waals surface area (Å²) in [4.78, 5) is 21.3. The van der Waals surface area contributed by atoms with Crippen LogP contribution in [0.5, 0.6) is 0 Å². The smallest absolute Gasteiger partial charge is 0.344 e. The van der Waals surface area contributed by atoms with Gasteiger partial charge in [-0.3, -0.25) is 15.2 Å². The first-order valence-electron chi connectivity index (χ1n) is 10.0. The second-order valence-corrected chi connectivity index (χ2v) is 7.78. The lowest BCUT2D eigenvalue weighted by atomic mass is 10.0. The molecule has 1 unspecified atom stereocenters. The number of hydrogen-bond donors (Lipinski definition) is 2. The molecule has 1 aromatic carbocycles. The minimum Gasteiger partial charge on any atom is -0.344 e. The quantitative estimate of drug-likeness (QED) is 0.444. The van der Waals surface area contributed by atoms with Crippen LogP contribution in [0.4, 0.5) is 31.9 Å². The summed E-state index contributed by atoms with van der Waals surface area (Å²) >= 11 is 0. The van der Waals surface area contributed by atoms with Crippen molar-refractivity contribution in [2.45, 2.75) is 37.6 Å². The summed E-state index contributed by atoms with van der Waals surface area (Å²) < 4.78 is 27.8. The van der Waals surface area contributed by atoms with Gasteiger partial charge in [-0.25, -0.2) is 18.7 Å². The summed E-state index contributed by atoms with van der Waals surface area (Å²) in [5.74, 6) is -0.376. The molecule has 3 heterocycles. The van der Waals surface area contributed by atoms with Crippen LogP contribution in [-0.2, 0) is 0 Å². The van der Waals surface area contributed by atoms with Crippen LogP contribution >= 0.6 is 0 Å². The molecule has 0 amide bonds. The van der Waals surface area contributed by atoms with Crippen LogP contribution in [0.25, 0.3) is 0 Å². The number of halogens is 2. The fourth-order valence-electron chi connectivity index (χ4n) is 4.08. The number of anilines is 3. The molecule has 160 valence electrons. The van der Waals surface area contributed by atoms with Crippen LogP contribution in [0, 0.1) is 21.7 Å². The second kappa shape index (κ2) is 7.56. The van der Waals surface area contributed by atoms with Crippen molar-refractivity contribution < 1.29 is 13.7 Å². The van der Waals surface area contributed by atoms with Crippen LogP contribution < -0.4 is 10.2 Å². The summed E-state index contributed by atoms with van der Waals surface area (Å²) in [6, 6.07) is 4.71. The van der Waals surface area contributed by atoms with E-state index in [2.05, 4.69) is 25.5 Å². The van der Waals surface area contributed by atoms with E-state index in [9.17, 15) is 18.9 Å². The van der Waals surface area contributed by atoms with E-state index in [1.165, 1.54) is 18.5 Å². The third kappa shape index (κ3) is 3.66. The topological polar surface area (TPSA) is 113 Å². The lowest BCUT2D eigenvalue weighted by molar-refractivity contribution is -0.383. The molecule has 2 fully saturated rings. The maximum Gasteiger partial charge on any atom is 0.353 e. The molecule has 0 spiro atoms. The molecule has 11 heteroatoms. The Kier molecular flexibility index (Phi) is 4.72. The third-order valence-electron chi connectivity index (χ3n) is 5.69. The summed E-state index contributed by atoms with van der Waals surface area (Å²) in [6.45, 7) is 0.451. The van der Waals surface area contributed by atoms with Crippen molar-refractivity contribution in [3.63, 3.8) is 0 Å². The summed E-state index contributed by atoms with van der Waals surface area (Å²) in [5.41, 5.74) is 0.946. The van der Waals surface area contributed by atoms with Crippen LogP contribution in [0.3, 0.4) is 0 Å². The monoisotopic (exact) mass is 427 g/mol. The summed E-state index contributed by atoms with van der Waals surface area (Å²) in [7, 11) is 0. The highest BCUT2D eigenvalue weighted by molar-refractivity contribution is 5.74. The van der Waals surface area contributed by atoms with Gasteiger partial charge in [0.25, 0.3) is 0 Å². The Morgan fingerprint density at radius 1 is 1.19 bits per heavy atom. The van der Waals surface area contributed by atoms with Gasteiger partial charge in [0.1, 0.15) is 18.0 Å². The van der Waals surface area contributed by atoms with Gasteiger partial charge in [0.05, 0.1) is 11.0 Å². The number of rotatable bonds is 6. The molecule has 1 aliphatic carbocycles. The number of aromatic nitrogens is 4. The van der Waals surface area contributed by atoms with Gasteiger partial charge in [0.2, 0.25) is 11.6 Å². The number of nitro groups is 1. The van der Waals surface area contributed by atoms with E-state index in [1.807, 2.05) is 6.07 Å². The zero-order valence-electron chi connectivity index (χ0n) is 16.4. The molecule has 9 nitrogen and oxygen atoms in total. The molecule has 3 aromatic rings. The first-order chi connectivity index (χ1) is 15.0. The Bertz CT molecular complexity index is 1150. The molecule has 0 radical (unpaired) electrons. The highest BCUT2D eigenvalue weighted by atomic mass is 19.1. The maximum atomic E-state index is 14.4. The number of H-pyrrole nitrogens is 1. The standard InChI is InChI=1S/C20H19F2N7O2/c21-12-5-6-13(14(22)8-12)16-2-1-7-28(16)20-18(29(30)31)19(23-10-24-20)25-17-9-15(26-27-17)11-3-4-11/h5-6,8-11,16H,1-4,7H2,(H2,23,24,25,26,27). The van der Waals surface area contributed by atoms with E-state index in [0.29, 0.717) is 31.1 Å². The molecule has 2 N–H and O–H groups in total. The molecule has 5 rings (SSSR count). The summed E-state index contributed by atoms with van der Waals surface area (Å²) in [5, 5.41) is 22.0. The summed E-state index contributed by atoms with van der Waals surface area (Å²) in [6.07, 6.45) is 4.67. The van der Waals surface area contributed by atoms with Gasteiger partial charge >= 0.3 is 5.69 Å². The Morgan fingerprint density at radius 2 is 2.03 bits per heavy atom. The van der Waals surface area contributed by atoms with Crippen molar-refractivity contribution in [2.75, 3.05) is 16.8 Å². The minimum atomic E-state index is -0.684. The maximum absolute atomic E-state index is 14.4. The van der Waals surface area contributed by atoms with Gasteiger partial charge in [0, 0.05) is 35.9 Å². The fraction of sp³-hybridized carbons (Fsp3) is 0.350. The molecule has 31 heavy (non-hydrogen) atoms. The van der Waals surface area contributed by atoms with Crippen molar-refractivity contribution in [3.8, 4) is 0 Å². The van der Waals surface area contributed by atoms with Gasteiger partial charge in [-0.15, -0.1) is 0 Å². The van der Waals surface area contributed by atoms with E-state index in [-0.39, 0.29) is 22.9 Å². The van der Waals surface area contributed by atoms with E-state index in [1.54, 1.807) is 4.90 Å². The van der Waals surface area contributed by atoms with Crippen molar-refractivity contribution in [2.24, 2.45) is 0 Å². The Hall–Kier alpha value is -3.63. The lowest BCUT2D eigenvalue weighted by Crippen LogP contribution is -2.25. The van der Waals surface area contributed by atoms with Crippen molar-refractivity contribution in [1.29, 1.82) is 0 Å². The molecule has 0 bridgehead atoms. The van der Waals surface area contributed by atoms with Gasteiger partial charge in [0.15, 0.2) is 5.82 Å². The number of benzene rings is 1. The lowest BCUT2D eigenvalue weighted by Gasteiger charge is -2.26. The van der Waals surface area contributed by atoms with Crippen LogP contribution in [0.15, 0.2) is 30.6 Å². The van der Waals surface area contributed by atoms with Gasteiger partial charge in [-0.2, -0.15) is 5.10 Å². The molecular weight excluding hydrogens is 408 g/mol. The average molecular weight is 427 g/mol. The van der Waals surface area contributed by atoms with Gasteiger partial charge in [-0.05, 0) is 31.7 Å². The largest absolute Gasteiger partial charge is 0.353 e. The molecule has 2 aromatic heterocycles. The predicted octanol–water partition coefficient (Wildman–Crippen LogP) is 4.35. The number of nitrogens with zero attached hydrogens (tertiary/aromatic N) is 5. The highest BCUT2D eigenvalue weighted by Crippen LogP contribution is 2.43. The zero-order chi connectivity index (χ0) is 21.5. The molecule has 1 saturated carbocycles. The third-order valence-corrected chi connectivity index (χ3v) is 5.69. The number of nitrogens with one attached hydrogen (secondary N) is 2. The Labute approximate surface area is 175 Å². The van der Waals surface area contributed by atoms with E-state index in [0.717, 1.165) is 24.6 Å². The minimum absolute atomic E-state index is 0.00840. The normalized spacial score (nSPS) is 18.4. The predicted molar refractivity (Wildman–Crippen MR) is 108 cm³/mol. The molecule has 1 atom stereocenters. The second-order valence-electron chi connectivity index (χ2n) is 7.78. The zero-order valence-corrected chi connectivity index (χ0v) is 16.4. The van der Waals surface area contributed by atoms with E-state index < -0.39 is 22.6 Å². The number of aromatic amines is 1. The first-order valence-corrected chi connectivity index (χ1v) is 10.0. The van der Waals surface area contributed by atoms with Gasteiger partial charge in [-0.1, -0.05) is 6.07 Å². The molecule has 1 saturated heterocycles. The van der Waals surface area contributed by atoms with E-state index in [4.69, 9.17) is 0 Å². The Morgan fingerprint density at radius 3 is 2.77 bits per heavy atom.